The van der Waals surface area contributed by atoms with Crippen molar-refractivity contribution in [2.75, 3.05) is 19.6 Å². The number of carbonyl (C=O) groups is 1. The molecule has 1 aliphatic heterocycles. The highest BCUT2D eigenvalue weighted by Crippen LogP contribution is 2.13. The molecule has 1 N–H and O–H groups in total. The molecule has 86 valence electrons. The van der Waals surface area contributed by atoms with Crippen molar-refractivity contribution in [1.29, 1.82) is 0 Å². The van der Waals surface area contributed by atoms with Gasteiger partial charge in [0, 0.05) is 35.7 Å². The first kappa shape index (κ1) is 11.6. The van der Waals surface area contributed by atoms with Crippen LogP contribution in [-0.2, 0) is 0 Å². The summed E-state index contributed by atoms with van der Waals surface area (Å²) in [6, 6.07) is 7.91. The van der Waals surface area contributed by atoms with E-state index in [1.807, 2.05) is 29.2 Å². The number of carbonyl (C=O) groups excluding carboxylic acids is 1. The largest absolute Gasteiger partial charge is 0.336 e. The third kappa shape index (κ3) is 2.62. The van der Waals surface area contributed by atoms with Crippen LogP contribution in [0, 0.1) is 0 Å². The second-order valence-electron chi connectivity index (χ2n) is 4.11. The summed E-state index contributed by atoms with van der Waals surface area (Å²) in [4.78, 5) is 14.0. The fraction of sp³-hybridized carbons (Fsp3) is 0.417. The van der Waals surface area contributed by atoms with Gasteiger partial charge in [-0.3, -0.25) is 4.79 Å². The average Bonchev–Trinajstić information content (AvgIpc) is 2.29. The molecule has 1 aliphatic rings. The standard InChI is InChI=1S/C12H15BrN2O/c1-9-8-15(7-6-14-9)12(16)10-2-4-11(13)5-3-10/h2-5,9,14H,6-8H2,1H3. The van der Waals surface area contributed by atoms with Crippen molar-refractivity contribution in [3.05, 3.63) is 34.3 Å². The summed E-state index contributed by atoms with van der Waals surface area (Å²) in [7, 11) is 0. The van der Waals surface area contributed by atoms with Crippen molar-refractivity contribution in [2.24, 2.45) is 0 Å². The van der Waals surface area contributed by atoms with E-state index in [9.17, 15) is 4.79 Å². The molecule has 1 unspecified atom stereocenters. The van der Waals surface area contributed by atoms with Crippen molar-refractivity contribution in [2.45, 2.75) is 13.0 Å². The fourth-order valence-electron chi connectivity index (χ4n) is 1.89. The molecule has 1 aromatic rings. The molecule has 0 aliphatic carbocycles. The van der Waals surface area contributed by atoms with Crippen LogP contribution in [0.3, 0.4) is 0 Å². The highest BCUT2D eigenvalue weighted by molar-refractivity contribution is 9.10. The molecule has 1 amide bonds. The highest BCUT2D eigenvalue weighted by atomic mass is 79.9. The molecular formula is C12H15BrN2O. The van der Waals surface area contributed by atoms with Gasteiger partial charge in [0.05, 0.1) is 0 Å². The molecular weight excluding hydrogens is 268 g/mol. The van der Waals surface area contributed by atoms with Gasteiger partial charge in [0.1, 0.15) is 0 Å². The van der Waals surface area contributed by atoms with E-state index in [0.29, 0.717) is 6.04 Å². The molecule has 16 heavy (non-hydrogen) atoms. The summed E-state index contributed by atoms with van der Waals surface area (Å²) >= 11 is 3.37. The van der Waals surface area contributed by atoms with Crippen LogP contribution in [0.15, 0.2) is 28.7 Å². The minimum absolute atomic E-state index is 0.126. The minimum Gasteiger partial charge on any atom is -0.336 e. The topological polar surface area (TPSA) is 32.3 Å². The molecule has 1 saturated heterocycles. The van der Waals surface area contributed by atoms with Gasteiger partial charge in [-0.15, -0.1) is 0 Å². The second kappa shape index (κ2) is 4.97. The van der Waals surface area contributed by atoms with Gasteiger partial charge in [0.15, 0.2) is 0 Å². The van der Waals surface area contributed by atoms with E-state index in [2.05, 4.69) is 28.2 Å². The van der Waals surface area contributed by atoms with E-state index >= 15 is 0 Å². The average molecular weight is 283 g/mol. The fourth-order valence-corrected chi connectivity index (χ4v) is 2.16. The Hall–Kier alpha value is -0.870. The van der Waals surface area contributed by atoms with Crippen molar-refractivity contribution in [3.63, 3.8) is 0 Å². The van der Waals surface area contributed by atoms with Gasteiger partial charge in [0.25, 0.3) is 5.91 Å². The molecule has 3 nitrogen and oxygen atoms in total. The normalized spacial score (nSPS) is 20.9. The van der Waals surface area contributed by atoms with Crippen LogP contribution < -0.4 is 5.32 Å². The number of benzene rings is 1. The first-order chi connectivity index (χ1) is 7.66. The Morgan fingerprint density at radius 1 is 1.44 bits per heavy atom. The van der Waals surface area contributed by atoms with Gasteiger partial charge in [0.2, 0.25) is 0 Å². The molecule has 0 saturated carbocycles. The summed E-state index contributed by atoms with van der Waals surface area (Å²) in [5.41, 5.74) is 0.761. The Labute approximate surface area is 104 Å². The number of halogens is 1. The number of hydrogen-bond donors (Lipinski definition) is 1. The Kier molecular flexibility index (Phi) is 3.61. The summed E-state index contributed by atoms with van der Waals surface area (Å²) in [5, 5.41) is 3.33. The van der Waals surface area contributed by atoms with Gasteiger partial charge in [-0.05, 0) is 31.2 Å². The van der Waals surface area contributed by atoms with Crippen molar-refractivity contribution in [1.82, 2.24) is 10.2 Å². The predicted octanol–water partition coefficient (Wildman–Crippen LogP) is 1.88. The number of nitrogens with zero attached hydrogens (tertiary/aromatic N) is 1. The molecule has 0 aromatic heterocycles. The monoisotopic (exact) mass is 282 g/mol. The van der Waals surface area contributed by atoms with Crippen molar-refractivity contribution >= 4 is 21.8 Å². The quantitative estimate of drug-likeness (QED) is 0.853. The number of amides is 1. The first-order valence-corrected chi connectivity index (χ1v) is 6.24. The summed E-state index contributed by atoms with van der Waals surface area (Å²) in [6.07, 6.45) is 0. The molecule has 0 radical (unpaired) electrons. The van der Waals surface area contributed by atoms with Crippen LogP contribution in [0.1, 0.15) is 17.3 Å². The molecule has 2 rings (SSSR count). The molecule has 4 heteroatoms. The Morgan fingerprint density at radius 2 is 2.12 bits per heavy atom. The first-order valence-electron chi connectivity index (χ1n) is 5.45. The number of nitrogens with one attached hydrogen (secondary N) is 1. The van der Waals surface area contributed by atoms with E-state index in [1.165, 1.54) is 0 Å². The maximum Gasteiger partial charge on any atom is 0.253 e. The van der Waals surface area contributed by atoms with Gasteiger partial charge < -0.3 is 10.2 Å². The molecule has 1 heterocycles. The minimum atomic E-state index is 0.126. The zero-order valence-corrected chi connectivity index (χ0v) is 10.8. The third-order valence-corrected chi connectivity index (χ3v) is 3.28. The summed E-state index contributed by atoms with van der Waals surface area (Å²) < 4.78 is 0.998. The number of rotatable bonds is 1. The van der Waals surface area contributed by atoms with E-state index in [-0.39, 0.29) is 5.91 Å². The van der Waals surface area contributed by atoms with E-state index in [4.69, 9.17) is 0 Å². The van der Waals surface area contributed by atoms with E-state index < -0.39 is 0 Å². The van der Waals surface area contributed by atoms with Crippen LogP contribution in [0.2, 0.25) is 0 Å². The van der Waals surface area contributed by atoms with Crippen LogP contribution >= 0.6 is 15.9 Å². The van der Waals surface area contributed by atoms with Gasteiger partial charge in [-0.25, -0.2) is 0 Å². The van der Waals surface area contributed by atoms with Crippen molar-refractivity contribution in [3.8, 4) is 0 Å². The van der Waals surface area contributed by atoms with Gasteiger partial charge in [-0.1, -0.05) is 15.9 Å². The van der Waals surface area contributed by atoms with Crippen LogP contribution in [0.25, 0.3) is 0 Å². The molecule has 0 bridgehead atoms. The van der Waals surface area contributed by atoms with E-state index in [1.54, 1.807) is 0 Å². The van der Waals surface area contributed by atoms with Crippen LogP contribution in [-0.4, -0.2) is 36.5 Å². The zero-order chi connectivity index (χ0) is 11.5. The second-order valence-corrected chi connectivity index (χ2v) is 5.03. The van der Waals surface area contributed by atoms with Gasteiger partial charge >= 0.3 is 0 Å². The molecule has 1 aromatic carbocycles. The smallest absolute Gasteiger partial charge is 0.253 e. The number of piperazine rings is 1. The highest BCUT2D eigenvalue weighted by Gasteiger charge is 2.21. The van der Waals surface area contributed by atoms with Crippen LogP contribution in [0.4, 0.5) is 0 Å². The molecule has 1 fully saturated rings. The van der Waals surface area contributed by atoms with Crippen LogP contribution in [0.5, 0.6) is 0 Å². The Morgan fingerprint density at radius 3 is 2.75 bits per heavy atom. The summed E-state index contributed by atoms with van der Waals surface area (Å²) in [6.45, 7) is 4.55. The van der Waals surface area contributed by atoms with E-state index in [0.717, 1.165) is 29.7 Å². The maximum atomic E-state index is 12.1. The van der Waals surface area contributed by atoms with Gasteiger partial charge in [-0.2, -0.15) is 0 Å². The maximum absolute atomic E-state index is 12.1. The SMILES string of the molecule is CC1CN(C(=O)c2ccc(Br)cc2)CCN1. The lowest BCUT2D eigenvalue weighted by Gasteiger charge is -2.31. The number of hydrogen-bond acceptors (Lipinski definition) is 2. The lowest BCUT2D eigenvalue weighted by atomic mass is 10.1. The van der Waals surface area contributed by atoms with Crippen molar-refractivity contribution < 1.29 is 4.79 Å². The lowest BCUT2D eigenvalue weighted by Crippen LogP contribution is -2.51. The lowest BCUT2D eigenvalue weighted by molar-refractivity contribution is 0.0709. The predicted molar refractivity (Wildman–Crippen MR) is 67.5 cm³/mol. The Bertz CT molecular complexity index is 377. The molecule has 1 atom stereocenters. The zero-order valence-electron chi connectivity index (χ0n) is 9.24. The molecule has 0 spiro atoms. The summed E-state index contributed by atoms with van der Waals surface area (Å²) in [5.74, 6) is 0.126. The Balaban J connectivity index is 2.09. The third-order valence-electron chi connectivity index (χ3n) is 2.75.